The minimum Gasteiger partial charge on any atom is -0.394 e. The molecule has 8 nitrogen and oxygen atoms in total. The van der Waals surface area contributed by atoms with Crippen molar-refractivity contribution < 1.29 is 39.4 Å². The smallest absolute Gasteiger partial charge is 0.186 e. The largest absolute Gasteiger partial charge is 0.394 e. The maximum Gasteiger partial charge on any atom is 0.186 e. The molecular weight excluding hydrogens is 440 g/mol. The third kappa shape index (κ3) is 13.7. The average Bonchev–Trinajstić information content (AvgIpc) is 2.85. The van der Waals surface area contributed by atoms with E-state index in [4.69, 9.17) is 18.9 Å². The average molecular weight is 493 g/mol. The molecule has 34 heavy (non-hydrogen) atoms. The fourth-order valence-corrected chi connectivity index (χ4v) is 4.20. The first kappa shape index (κ1) is 31.7. The SMILES string of the molecule is CCCCCCCCCCCCCCCCOC[C@H](CO[C@@H]1O[C@H](CO)[C@@H](O)[C@H](O)[C@H]1O)OC. The molecule has 8 heteroatoms. The zero-order valence-corrected chi connectivity index (χ0v) is 21.6. The van der Waals surface area contributed by atoms with Crippen LogP contribution in [0.15, 0.2) is 0 Å². The van der Waals surface area contributed by atoms with Crippen LogP contribution in [0.4, 0.5) is 0 Å². The monoisotopic (exact) mass is 492 g/mol. The van der Waals surface area contributed by atoms with Crippen LogP contribution in [0.3, 0.4) is 0 Å². The van der Waals surface area contributed by atoms with Crippen molar-refractivity contribution in [2.75, 3.05) is 33.5 Å². The molecule has 0 aromatic carbocycles. The predicted octanol–water partition coefficient (Wildman–Crippen LogP) is 3.32. The van der Waals surface area contributed by atoms with E-state index in [-0.39, 0.29) is 12.7 Å². The number of hydrogen-bond acceptors (Lipinski definition) is 8. The van der Waals surface area contributed by atoms with Crippen LogP contribution in [0.2, 0.25) is 0 Å². The molecule has 0 unspecified atom stereocenters. The summed E-state index contributed by atoms with van der Waals surface area (Å²) in [6.07, 6.45) is 11.8. The molecule has 0 radical (unpaired) electrons. The van der Waals surface area contributed by atoms with E-state index in [1.54, 1.807) is 7.11 Å². The van der Waals surface area contributed by atoms with Crippen LogP contribution < -0.4 is 0 Å². The van der Waals surface area contributed by atoms with Gasteiger partial charge in [-0.05, 0) is 6.42 Å². The Morgan fingerprint density at radius 3 is 1.74 bits per heavy atom. The Bertz CT molecular complexity index is 451. The van der Waals surface area contributed by atoms with Crippen LogP contribution in [-0.4, -0.2) is 90.8 Å². The van der Waals surface area contributed by atoms with Crippen molar-refractivity contribution in [3.8, 4) is 0 Å². The normalized spacial score (nSPS) is 26.1. The van der Waals surface area contributed by atoms with Gasteiger partial charge in [-0.2, -0.15) is 0 Å². The number of hydrogen-bond donors (Lipinski definition) is 4. The summed E-state index contributed by atoms with van der Waals surface area (Å²) in [4.78, 5) is 0. The summed E-state index contributed by atoms with van der Waals surface area (Å²) in [5.41, 5.74) is 0. The summed E-state index contributed by atoms with van der Waals surface area (Å²) < 4.78 is 21.9. The first-order valence-corrected chi connectivity index (χ1v) is 13.6. The van der Waals surface area contributed by atoms with Gasteiger partial charge in [0.05, 0.1) is 19.8 Å². The highest BCUT2D eigenvalue weighted by molar-refractivity contribution is 4.88. The Hall–Kier alpha value is -0.320. The highest BCUT2D eigenvalue weighted by Crippen LogP contribution is 2.22. The van der Waals surface area contributed by atoms with Crippen molar-refractivity contribution in [1.29, 1.82) is 0 Å². The summed E-state index contributed by atoms with van der Waals surface area (Å²) in [6.45, 7) is 2.89. The quantitative estimate of drug-likeness (QED) is 0.170. The van der Waals surface area contributed by atoms with Gasteiger partial charge in [0.2, 0.25) is 0 Å². The molecule has 6 atom stereocenters. The molecule has 0 aliphatic carbocycles. The van der Waals surface area contributed by atoms with Crippen LogP contribution in [0.5, 0.6) is 0 Å². The molecule has 0 amide bonds. The number of ether oxygens (including phenoxy) is 4. The molecule has 0 saturated carbocycles. The van der Waals surface area contributed by atoms with Gasteiger partial charge in [-0.15, -0.1) is 0 Å². The summed E-state index contributed by atoms with van der Waals surface area (Å²) in [6, 6.07) is 0. The first-order chi connectivity index (χ1) is 16.5. The Kier molecular flexibility index (Phi) is 19.4. The van der Waals surface area contributed by atoms with Crippen molar-refractivity contribution >= 4 is 0 Å². The van der Waals surface area contributed by atoms with E-state index in [1.165, 1.54) is 77.0 Å². The van der Waals surface area contributed by atoms with Gasteiger partial charge in [-0.25, -0.2) is 0 Å². The molecule has 1 aliphatic rings. The highest BCUT2D eigenvalue weighted by atomic mass is 16.7. The van der Waals surface area contributed by atoms with Crippen LogP contribution in [0.25, 0.3) is 0 Å². The standard InChI is InChI=1S/C26H52O8/c1-3-4-5-6-7-8-9-10-11-12-13-14-15-16-17-32-19-21(31-2)20-33-26-25(30)24(29)23(28)22(18-27)34-26/h21-30H,3-20H2,1-2H3/t21-,22-,23-,24+,25-,26-/m1/s1. The van der Waals surface area contributed by atoms with Crippen molar-refractivity contribution in [2.45, 2.75) is 134 Å². The third-order valence-corrected chi connectivity index (χ3v) is 6.57. The van der Waals surface area contributed by atoms with Crippen LogP contribution in [0, 0.1) is 0 Å². The van der Waals surface area contributed by atoms with E-state index in [2.05, 4.69) is 6.92 Å². The maximum atomic E-state index is 10.0. The Balaban J connectivity index is 1.97. The third-order valence-electron chi connectivity index (χ3n) is 6.57. The predicted molar refractivity (Wildman–Crippen MR) is 132 cm³/mol. The molecule has 1 fully saturated rings. The lowest BCUT2D eigenvalue weighted by atomic mass is 9.99. The van der Waals surface area contributed by atoms with Crippen LogP contribution in [-0.2, 0) is 18.9 Å². The maximum absolute atomic E-state index is 10.0. The summed E-state index contributed by atoms with van der Waals surface area (Å²) in [7, 11) is 1.55. The second kappa shape index (κ2) is 20.8. The lowest BCUT2D eigenvalue weighted by Gasteiger charge is -2.39. The van der Waals surface area contributed by atoms with Gasteiger partial charge in [0.25, 0.3) is 0 Å². The van der Waals surface area contributed by atoms with E-state index in [9.17, 15) is 20.4 Å². The molecule has 1 heterocycles. The number of rotatable bonds is 22. The van der Waals surface area contributed by atoms with Gasteiger partial charge < -0.3 is 39.4 Å². The highest BCUT2D eigenvalue weighted by Gasteiger charge is 2.44. The van der Waals surface area contributed by atoms with Gasteiger partial charge in [-0.3, -0.25) is 0 Å². The second-order valence-corrected chi connectivity index (χ2v) is 9.56. The molecule has 204 valence electrons. The molecule has 1 saturated heterocycles. The number of methoxy groups -OCH3 is 1. The van der Waals surface area contributed by atoms with Crippen molar-refractivity contribution in [3.05, 3.63) is 0 Å². The zero-order valence-electron chi connectivity index (χ0n) is 21.6. The minimum atomic E-state index is -1.45. The second-order valence-electron chi connectivity index (χ2n) is 9.56. The van der Waals surface area contributed by atoms with Crippen molar-refractivity contribution in [1.82, 2.24) is 0 Å². The van der Waals surface area contributed by atoms with Crippen molar-refractivity contribution in [2.24, 2.45) is 0 Å². The number of unbranched alkanes of at least 4 members (excludes halogenated alkanes) is 13. The van der Waals surface area contributed by atoms with Gasteiger partial charge in [-0.1, -0.05) is 90.4 Å². The van der Waals surface area contributed by atoms with E-state index in [1.807, 2.05) is 0 Å². The van der Waals surface area contributed by atoms with Crippen LogP contribution in [0.1, 0.15) is 96.8 Å². The first-order valence-electron chi connectivity index (χ1n) is 13.6. The van der Waals surface area contributed by atoms with Gasteiger partial charge in [0, 0.05) is 13.7 Å². The van der Waals surface area contributed by atoms with Gasteiger partial charge in [0.15, 0.2) is 6.29 Å². The zero-order chi connectivity index (χ0) is 25.0. The van der Waals surface area contributed by atoms with Gasteiger partial charge >= 0.3 is 0 Å². The van der Waals surface area contributed by atoms with E-state index < -0.39 is 37.3 Å². The Morgan fingerprint density at radius 1 is 0.706 bits per heavy atom. The number of aliphatic hydroxyl groups excluding tert-OH is 4. The molecular formula is C26H52O8. The topological polar surface area (TPSA) is 118 Å². The summed E-state index contributed by atoms with van der Waals surface area (Å²) in [5, 5.41) is 38.9. The molecule has 4 N–H and O–H groups in total. The minimum absolute atomic E-state index is 0.0952. The molecule has 0 spiro atoms. The molecule has 0 bridgehead atoms. The van der Waals surface area contributed by atoms with E-state index >= 15 is 0 Å². The molecule has 1 rings (SSSR count). The lowest BCUT2D eigenvalue weighted by Crippen LogP contribution is -2.59. The lowest BCUT2D eigenvalue weighted by molar-refractivity contribution is -0.305. The van der Waals surface area contributed by atoms with Gasteiger partial charge in [0.1, 0.15) is 30.5 Å². The van der Waals surface area contributed by atoms with Crippen LogP contribution >= 0.6 is 0 Å². The Morgan fingerprint density at radius 2 is 1.24 bits per heavy atom. The fourth-order valence-electron chi connectivity index (χ4n) is 4.20. The summed E-state index contributed by atoms with van der Waals surface area (Å²) >= 11 is 0. The van der Waals surface area contributed by atoms with E-state index in [0.29, 0.717) is 13.2 Å². The molecule has 0 aromatic rings. The fraction of sp³-hybridized carbons (Fsp3) is 1.00. The number of aliphatic hydroxyl groups is 4. The summed E-state index contributed by atoms with van der Waals surface area (Å²) in [5.74, 6) is 0. The Labute approximate surface area is 206 Å². The van der Waals surface area contributed by atoms with E-state index in [0.717, 1.165) is 12.8 Å². The van der Waals surface area contributed by atoms with Crippen molar-refractivity contribution in [3.63, 3.8) is 0 Å². The molecule has 1 aliphatic heterocycles. The molecule has 0 aromatic heterocycles.